The van der Waals surface area contributed by atoms with Crippen LogP contribution >= 0.6 is 15.9 Å². The first kappa shape index (κ1) is 12.9. The van der Waals surface area contributed by atoms with Crippen molar-refractivity contribution < 1.29 is 18.7 Å². The summed E-state index contributed by atoms with van der Waals surface area (Å²) in [5.74, 6) is 0.0763. The van der Waals surface area contributed by atoms with Crippen LogP contribution in [0.1, 0.15) is 23.0 Å². The van der Waals surface area contributed by atoms with E-state index in [-0.39, 0.29) is 12.5 Å². The molecule has 1 atom stereocenters. The predicted octanol–water partition coefficient (Wildman–Crippen LogP) is 2.27. The maximum atomic E-state index is 11.7. The number of carbonyl (C=O) groups excluding carboxylic acids is 1. The molecule has 0 aliphatic rings. The number of rotatable bonds is 4. The second kappa shape index (κ2) is 4.99. The molecule has 1 amide bonds. The zero-order chi connectivity index (χ0) is 13.2. The van der Waals surface area contributed by atoms with E-state index < -0.39 is 5.60 Å². The van der Waals surface area contributed by atoms with Gasteiger partial charge in [-0.25, -0.2) is 0 Å². The second-order valence-corrected chi connectivity index (χ2v) is 4.85. The number of aliphatic hydroxyl groups is 1. The molecule has 2 heterocycles. The maximum absolute atomic E-state index is 11.7. The van der Waals surface area contributed by atoms with Crippen LogP contribution in [0.25, 0.3) is 0 Å². The first-order valence-corrected chi connectivity index (χ1v) is 6.07. The Kier molecular flexibility index (Phi) is 3.58. The summed E-state index contributed by atoms with van der Waals surface area (Å²) in [6.07, 6.45) is 2.81. The molecule has 0 spiro atoms. The highest BCUT2D eigenvalue weighted by molar-refractivity contribution is 9.10. The molecule has 18 heavy (non-hydrogen) atoms. The number of nitrogens with one attached hydrogen (secondary N) is 1. The number of halogens is 1. The molecule has 0 aliphatic heterocycles. The second-order valence-electron chi connectivity index (χ2n) is 4.07. The van der Waals surface area contributed by atoms with Crippen molar-refractivity contribution >= 4 is 21.8 Å². The number of amides is 1. The predicted molar refractivity (Wildman–Crippen MR) is 67.0 cm³/mol. The van der Waals surface area contributed by atoms with E-state index in [1.165, 1.54) is 12.5 Å². The third-order valence-corrected chi connectivity index (χ3v) is 2.89. The van der Waals surface area contributed by atoms with Gasteiger partial charge in [0.2, 0.25) is 0 Å². The zero-order valence-corrected chi connectivity index (χ0v) is 11.2. The Bertz CT molecular complexity index is 530. The van der Waals surface area contributed by atoms with E-state index in [4.69, 9.17) is 8.83 Å². The number of hydrogen-bond donors (Lipinski definition) is 2. The van der Waals surface area contributed by atoms with E-state index in [1.54, 1.807) is 25.1 Å². The van der Waals surface area contributed by atoms with Gasteiger partial charge in [0.1, 0.15) is 17.6 Å². The summed E-state index contributed by atoms with van der Waals surface area (Å²) in [5, 5.41) is 12.7. The summed E-state index contributed by atoms with van der Waals surface area (Å²) < 4.78 is 10.6. The smallest absolute Gasteiger partial charge is 0.254 e. The largest absolute Gasteiger partial charge is 0.466 e. The van der Waals surface area contributed by atoms with Gasteiger partial charge in [0.05, 0.1) is 18.4 Å². The van der Waals surface area contributed by atoms with Crippen molar-refractivity contribution in [3.63, 3.8) is 0 Å². The Labute approximate surface area is 112 Å². The Morgan fingerprint density at radius 3 is 2.89 bits per heavy atom. The molecule has 1 unspecified atom stereocenters. The summed E-state index contributed by atoms with van der Waals surface area (Å²) in [5.41, 5.74) is -0.864. The van der Waals surface area contributed by atoms with Gasteiger partial charge in [-0.1, -0.05) is 0 Å². The van der Waals surface area contributed by atoms with Crippen LogP contribution in [-0.4, -0.2) is 17.6 Å². The van der Waals surface area contributed by atoms with Crippen LogP contribution in [0.3, 0.4) is 0 Å². The van der Waals surface area contributed by atoms with E-state index in [2.05, 4.69) is 21.2 Å². The van der Waals surface area contributed by atoms with Crippen molar-refractivity contribution in [1.29, 1.82) is 0 Å². The fourth-order valence-electron chi connectivity index (χ4n) is 1.46. The van der Waals surface area contributed by atoms with Crippen LogP contribution in [0, 0.1) is 0 Å². The van der Waals surface area contributed by atoms with Crippen molar-refractivity contribution in [2.75, 3.05) is 6.54 Å². The molecule has 2 aromatic heterocycles. The van der Waals surface area contributed by atoms with Gasteiger partial charge in [-0.2, -0.15) is 0 Å². The highest BCUT2D eigenvalue weighted by atomic mass is 79.9. The summed E-state index contributed by atoms with van der Waals surface area (Å²) in [6.45, 7) is 1.61. The molecule has 0 radical (unpaired) electrons. The lowest BCUT2D eigenvalue weighted by atomic mass is 10.0. The third-order valence-electron chi connectivity index (χ3n) is 2.47. The van der Waals surface area contributed by atoms with Crippen molar-refractivity contribution in [1.82, 2.24) is 5.32 Å². The Morgan fingerprint density at radius 2 is 2.33 bits per heavy atom. The number of furan rings is 2. The monoisotopic (exact) mass is 313 g/mol. The van der Waals surface area contributed by atoms with Crippen LogP contribution in [0.15, 0.2) is 44.2 Å². The van der Waals surface area contributed by atoms with Gasteiger partial charge in [-0.05, 0) is 35.0 Å². The highest BCUT2D eigenvalue weighted by Gasteiger charge is 2.27. The molecular formula is C12H12BrNO4. The Hall–Kier alpha value is -1.53. The third kappa shape index (κ3) is 2.83. The lowest BCUT2D eigenvalue weighted by molar-refractivity contribution is 0.0330. The molecular weight excluding hydrogens is 302 g/mol. The molecule has 0 aliphatic carbocycles. The van der Waals surface area contributed by atoms with Crippen molar-refractivity contribution in [2.45, 2.75) is 12.5 Å². The minimum atomic E-state index is -1.25. The van der Waals surface area contributed by atoms with Gasteiger partial charge >= 0.3 is 0 Å². The van der Waals surface area contributed by atoms with Crippen molar-refractivity contribution in [3.8, 4) is 0 Å². The average molecular weight is 314 g/mol. The van der Waals surface area contributed by atoms with Gasteiger partial charge in [-0.15, -0.1) is 0 Å². The Balaban J connectivity index is 1.98. The van der Waals surface area contributed by atoms with E-state index in [0.717, 1.165) is 0 Å². The van der Waals surface area contributed by atoms with E-state index in [0.29, 0.717) is 16.0 Å². The summed E-state index contributed by atoms with van der Waals surface area (Å²) in [4.78, 5) is 11.7. The molecule has 0 aromatic carbocycles. The quantitative estimate of drug-likeness (QED) is 0.908. The minimum Gasteiger partial charge on any atom is -0.466 e. The topological polar surface area (TPSA) is 75.6 Å². The normalized spacial score (nSPS) is 14.2. The average Bonchev–Trinajstić information content (AvgIpc) is 2.96. The van der Waals surface area contributed by atoms with Crippen LogP contribution in [0.2, 0.25) is 0 Å². The molecule has 0 saturated carbocycles. The van der Waals surface area contributed by atoms with Gasteiger partial charge in [0, 0.05) is 6.07 Å². The van der Waals surface area contributed by atoms with Gasteiger partial charge in [0.25, 0.3) is 5.91 Å². The maximum Gasteiger partial charge on any atom is 0.254 e. The lowest BCUT2D eigenvalue weighted by Gasteiger charge is -2.20. The molecule has 2 N–H and O–H groups in total. The fourth-order valence-corrected chi connectivity index (χ4v) is 1.80. The van der Waals surface area contributed by atoms with Gasteiger partial charge in [0.15, 0.2) is 4.67 Å². The van der Waals surface area contributed by atoms with Gasteiger partial charge in [-0.3, -0.25) is 4.79 Å². The molecule has 0 fully saturated rings. The molecule has 96 valence electrons. The van der Waals surface area contributed by atoms with E-state index in [9.17, 15) is 9.90 Å². The first-order chi connectivity index (χ1) is 8.49. The SMILES string of the molecule is CC(O)(CNC(=O)c1coc(Br)c1)c1ccco1. The highest BCUT2D eigenvalue weighted by Crippen LogP contribution is 2.20. The van der Waals surface area contributed by atoms with Crippen LogP contribution in [-0.2, 0) is 5.60 Å². The lowest BCUT2D eigenvalue weighted by Crippen LogP contribution is -2.38. The van der Waals surface area contributed by atoms with Crippen LogP contribution < -0.4 is 5.32 Å². The molecule has 0 bridgehead atoms. The molecule has 5 nitrogen and oxygen atoms in total. The molecule has 6 heteroatoms. The minimum absolute atomic E-state index is 0.0438. The van der Waals surface area contributed by atoms with Crippen LogP contribution in [0.4, 0.5) is 0 Å². The Morgan fingerprint density at radius 1 is 1.56 bits per heavy atom. The van der Waals surface area contributed by atoms with Crippen LogP contribution in [0.5, 0.6) is 0 Å². The molecule has 0 saturated heterocycles. The van der Waals surface area contributed by atoms with Gasteiger partial charge < -0.3 is 19.3 Å². The molecule has 2 aromatic rings. The van der Waals surface area contributed by atoms with E-state index >= 15 is 0 Å². The zero-order valence-electron chi connectivity index (χ0n) is 9.64. The standard InChI is InChI=1S/C12H12BrNO4/c1-12(16,9-3-2-4-17-9)7-14-11(15)8-5-10(13)18-6-8/h2-6,16H,7H2,1H3,(H,14,15). The van der Waals surface area contributed by atoms with Crippen molar-refractivity contribution in [3.05, 3.63) is 46.7 Å². The summed E-state index contributed by atoms with van der Waals surface area (Å²) in [7, 11) is 0. The number of carbonyl (C=O) groups is 1. The number of hydrogen-bond acceptors (Lipinski definition) is 4. The summed E-state index contributed by atoms with van der Waals surface area (Å²) >= 11 is 3.11. The molecule has 2 rings (SSSR count). The summed E-state index contributed by atoms with van der Waals surface area (Å²) in [6, 6.07) is 4.89. The van der Waals surface area contributed by atoms with E-state index in [1.807, 2.05) is 0 Å². The first-order valence-electron chi connectivity index (χ1n) is 5.27. The van der Waals surface area contributed by atoms with Crippen molar-refractivity contribution in [2.24, 2.45) is 0 Å². The fraction of sp³-hybridized carbons (Fsp3) is 0.250.